The quantitative estimate of drug-likeness (QED) is 0.802. The van der Waals surface area contributed by atoms with Crippen molar-refractivity contribution in [3.05, 3.63) is 29.6 Å². The molecule has 1 aliphatic heterocycles. The number of likely N-dealkylation sites (tertiary alicyclic amines) is 1. The molecular formula is C14H21BFNO2. The highest BCUT2D eigenvalue weighted by Crippen LogP contribution is 2.21. The summed E-state index contributed by atoms with van der Waals surface area (Å²) in [4.78, 5) is 2.26. The maximum atomic E-state index is 13.9. The summed E-state index contributed by atoms with van der Waals surface area (Å²) in [7, 11) is -1.61. The van der Waals surface area contributed by atoms with Gasteiger partial charge in [0.15, 0.2) is 0 Å². The van der Waals surface area contributed by atoms with Gasteiger partial charge in [0.05, 0.1) is 0 Å². The van der Waals surface area contributed by atoms with Crippen LogP contribution in [0, 0.1) is 11.7 Å². The van der Waals surface area contributed by atoms with E-state index in [-0.39, 0.29) is 11.3 Å². The Balaban J connectivity index is 1.96. The molecular weight excluding hydrogens is 244 g/mol. The molecule has 2 N–H and O–H groups in total. The zero-order valence-electron chi connectivity index (χ0n) is 11.3. The molecule has 0 saturated carbocycles. The highest BCUT2D eigenvalue weighted by molar-refractivity contribution is 6.58. The van der Waals surface area contributed by atoms with Crippen LogP contribution < -0.4 is 5.46 Å². The molecule has 5 heteroatoms. The van der Waals surface area contributed by atoms with Crippen molar-refractivity contribution in [2.45, 2.75) is 32.7 Å². The van der Waals surface area contributed by atoms with E-state index in [1.165, 1.54) is 25.3 Å². The molecule has 0 aliphatic carbocycles. The zero-order chi connectivity index (χ0) is 13.8. The van der Waals surface area contributed by atoms with Crippen LogP contribution in [0.15, 0.2) is 18.2 Å². The average molecular weight is 265 g/mol. The number of hydrogen-bond acceptors (Lipinski definition) is 3. The summed E-state index contributed by atoms with van der Waals surface area (Å²) in [5, 5.41) is 18.0. The van der Waals surface area contributed by atoms with Crippen LogP contribution in [0.25, 0.3) is 0 Å². The van der Waals surface area contributed by atoms with E-state index >= 15 is 0 Å². The van der Waals surface area contributed by atoms with Gasteiger partial charge in [-0.2, -0.15) is 0 Å². The van der Waals surface area contributed by atoms with Gasteiger partial charge < -0.3 is 10.0 Å². The van der Waals surface area contributed by atoms with Crippen LogP contribution >= 0.6 is 0 Å². The zero-order valence-corrected chi connectivity index (χ0v) is 11.3. The van der Waals surface area contributed by atoms with Crippen molar-refractivity contribution in [3.8, 4) is 0 Å². The Labute approximate surface area is 114 Å². The van der Waals surface area contributed by atoms with Crippen molar-refractivity contribution in [2.75, 3.05) is 13.1 Å². The van der Waals surface area contributed by atoms with Crippen LogP contribution in [0.5, 0.6) is 0 Å². The van der Waals surface area contributed by atoms with Crippen LogP contribution in [-0.4, -0.2) is 35.2 Å². The number of piperidine rings is 1. The van der Waals surface area contributed by atoms with Crippen molar-refractivity contribution >= 4 is 12.6 Å². The van der Waals surface area contributed by atoms with Gasteiger partial charge in [-0.25, -0.2) is 4.39 Å². The van der Waals surface area contributed by atoms with Gasteiger partial charge >= 0.3 is 7.12 Å². The standard InChI is InChI=1S/C14H21BFNO2/c1-2-11-5-7-17(8-6-11)10-12-3-4-13(15(18)19)9-14(12)16/h3-4,9,11,18-19H,2,5-8,10H2,1H3. The Morgan fingerprint density at radius 3 is 2.53 bits per heavy atom. The van der Waals surface area contributed by atoms with E-state index in [2.05, 4.69) is 11.8 Å². The maximum absolute atomic E-state index is 13.9. The molecule has 0 spiro atoms. The van der Waals surface area contributed by atoms with Gasteiger partial charge in [-0.15, -0.1) is 0 Å². The van der Waals surface area contributed by atoms with Crippen molar-refractivity contribution < 1.29 is 14.4 Å². The lowest BCUT2D eigenvalue weighted by Crippen LogP contribution is -2.34. The van der Waals surface area contributed by atoms with Crippen molar-refractivity contribution in [1.82, 2.24) is 4.90 Å². The summed E-state index contributed by atoms with van der Waals surface area (Å²) < 4.78 is 13.9. The molecule has 1 fully saturated rings. The van der Waals surface area contributed by atoms with Crippen LogP contribution in [0.2, 0.25) is 0 Å². The molecule has 3 nitrogen and oxygen atoms in total. The molecule has 1 heterocycles. The first-order valence-corrected chi connectivity index (χ1v) is 6.97. The third kappa shape index (κ3) is 3.78. The molecule has 1 aromatic rings. The molecule has 19 heavy (non-hydrogen) atoms. The third-order valence-electron chi connectivity index (χ3n) is 4.05. The molecule has 2 rings (SSSR count). The van der Waals surface area contributed by atoms with E-state index in [4.69, 9.17) is 10.0 Å². The minimum atomic E-state index is -1.61. The third-order valence-corrected chi connectivity index (χ3v) is 4.05. The van der Waals surface area contributed by atoms with E-state index in [9.17, 15) is 4.39 Å². The number of benzene rings is 1. The first-order valence-electron chi connectivity index (χ1n) is 6.97. The second-order valence-electron chi connectivity index (χ2n) is 5.35. The molecule has 0 atom stereocenters. The van der Waals surface area contributed by atoms with Gasteiger partial charge in [0.1, 0.15) is 5.82 Å². The van der Waals surface area contributed by atoms with Gasteiger partial charge in [-0.3, -0.25) is 4.90 Å². The molecule has 0 unspecified atom stereocenters. The Hall–Kier alpha value is -0.905. The monoisotopic (exact) mass is 265 g/mol. The fourth-order valence-corrected chi connectivity index (χ4v) is 2.65. The van der Waals surface area contributed by atoms with E-state index in [0.717, 1.165) is 19.0 Å². The molecule has 1 saturated heterocycles. The predicted molar refractivity (Wildman–Crippen MR) is 74.5 cm³/mol. The second kappa shape index (κ2) is 6.50. The van der Waals surface area contributed by atoms with E-state index in [1.807, 2.05) is 0 Å². The van der Waals surface area contributed by atoms with Crippen LogP contribution in [0.4, 0.5) is 4.39 Å². The summed E-state index contributed by atoms with van der Waals surface area (Å²) in [6.45, 7) is 4.85. The molecule has 0 radical (unpaired) electrons. The molecule has 0 bridgehead atoms. The lowest BCUT2D eigenvalue weighted by molar-refractivity contribution is 0.173. The van der Waals surface area contributed by atoms with Gasteiger partial charge in [0.25, 0.3) is 0 Å². The summed E-state index contributed by atoms with van der Waals surface area (Å²) in [6.07, 6.45) is 3.60. The van der Waals surface area contributed by atoms with Crippen LogP contribution in [-0.2, 0) is 6.54 Å². The minimum absolute atomic E-state index is 0.200. The second-order valence-corrected chi connectivity index (χ2v) is 5.35. The van der Waals surface area contributed by atoms with Crippen molar-refractivity contribution in [2.24, 2.45) is 5.92 Å². The molecule has 1 aromatic carbocycles. The van der Waals surface area contributed by atoms with Crippen molar-refractivity contribution in [1.29, 1.82) is 0 Å². The molecule has 0 amide bonds. The predicted octanol–water partition coefficient (Wildman–Crippen LogP) is 1.13. The maximum Gasteiger partial charge on any atom is 0.488 e. The van der Waals surface area contributed by atoms with E-state index in [0.29, 0.717) is 12.1 Å². The van der Waals surface area contributed by atoms with Crippen molar-refractivity contribution in [3.63, 3.8) is 0 Å². The fraction of sp³-hybridized carbons (Fsp3) is 0.571. The van der Waals surface area contributed by atoms with Gasteiger partial charge in [-0.1, -0.05) is 25.5 Å². The van der Waals surface area contributed by atoms with E-state index < -0.39 is 7.12 Å². The minimum Gasteiger partial charge on any atom is -0.423 e. The van der Waals surface area contributed by atoms with Gasteiger partial charge in [-0.05, 0) is 43.4 Å². The molecule has 1 aliphatic rings. The molecule has 104 valence electrons. The number of nitrogens with zero attached hydrogens (tertiary/aromatic N) is 1. The SMILES string of the molecule is CCC1CCN(Cc2ccc(B(O)O)cc2F)CC1. The first kappa shape index (κ1) is 14.5. The Bertz CT molecular complexity index is 420. The number of halogens is 1. The topological polar surface area (TPSA) is 43.7 Å². The van der Waals surface area contributed by atoms with E-state index in [1.54, 1.807) is 12.1 Å². The average Bonchev–Trinajstić information content (AvgIpc) is 2.41. The summed E-state index contributed by atoms with van der Waals surface area (Å²) >= 11 is 0. The largest absolute Gasteiger partial charge is 0.488 e. The summed E-state index contributed by atoms with van der Waals surface area (Å²) in [5.41, 5.74) is 0.824. The highest BCUT2D eigenvalue weighted by atomic mass is 19.1. The van der Waals surface area contributed by atoms with Crippen LogP contribution in [0.3, 0.4) is 0 Å². The smallest absolute Gasteiger partial charge is 0.423 e. The lowest BCUT2D eigenvalue weighted by Gasteiger charge is -2.31. The fourth-order valence-electron chi connectivity index (χ4n) is 2.65. The summed E-state index contributed by atoms with van der Waals surface area (Å²) in [5.74, 6) is 0.455. The Morgan fingerprint density at radius 1 is 1.32 bits per heavy atom. The lowest BCUT2D eigenvalue weighted by atomic mass is 9.80. The Kier molecular flexibility index (Phi) is 4.96. The highest BCUT2D eigenvalue weighted by Gasteiger charge is 2.19. The van der Waals surface area contributed by atoms with Gasteiger partial charge in [0.2, 0.25) is 0 Å². The summed E-state index contributed by atoms with van der Waals surface area (Å²) in [6, 6.07) is 4.43. The normalized spacial score (nSPS) is 17.7. The van der Waals surface area contributed by atoms with Gasteiger partial charge in [0, 0.05) is 12.1 Å². The number of rotatable bonds is 4. The number of hydrogen-bond donors (Lipinski definition) is 2. The molecule has 0 aromatic heterocycles. The van der Waals surface area contributed by atoms with Crippen LogP contribution in [0.1, 0.15) is 31.7 Å². The Morgan fingerprint density at radius 2 is 2.00 bits per heavy atom. The first-order chi connectivity index (χ1) is 9.10.